The molecule has 2 aliphatic heterocycles. The highest BCUT2D eigenvalue weighted by Gasteiger charge is 2.22. The van der Waals surface area contributed by atoms with Gasteiger partial charge in [0, 0.05) is 38.3 Å². The first-order chi connectivity index (χ1) is 15.1. The zero-order valence-corrected chi connectivity index (χ0v) is 18.2. The van der Waals surface area contributed by atoms with E-state index in [0.717, 1.165) is 62.6 Å². The zero-order valence-electron chi connectivity index (χ0n) is 18.2. The molecule has 2 amide bonds. The van der Waals surface area contributed by atoms with Crippen LogP contribution >= 0.6 is 0 Å². The Morgan fingerprint density at radius 2 is 1.74 bits per heavy atom. The molecule has 2 fully saturated rings. The molecule has 0 aromatic heterocycles. The molecule has 0 unspecified atom stereocenters. The highest BCUT2D eigenvalue weighted by Crippen LogP contribution is 2.22. The van der Waals surface area contributed by atoms with E-state index < -0.39 is 0 Å². The summed E-state index contributed by atoms with van der Waals surface area (Å²) in [5, 5.41) is 3.24. The van der Waals surface area contributed by atoms with Crippen LogP contribution in [0.1, 0.15) is 35.6 Å². The quantitative estimate of drug-likeness (QED) is 0.747. The fourth-order valence-electron chi connectivity index (χ4n) is 4.22. The van der Waals surface area contributed by atoms with Gasteiger partial charge >= 0.3 is 0 Å². The maximum Gasteiger partial charge on any atom is 0.227 e. The first-order valence-corrected chi connectivity index (χ1v) is 11.1. The van der Waals surface area contributed by atoms with Crippen molar-refractivity contribution in [2.45, 2.75) is 32.2 Å². The van der Waals surface area contributed by atoms with Crippen LogP contribution in [0.15, 0.2) is 48.5 Å². The normalized spacial score (nSPS) is 18.2. The standard InChI is InChI=1S/C25H31N3O3/c1-19-4-8-21(9-5-19)23(18-27-13-15-31-16-14-27)26-24(29)17-20-6-10-22(11-7-20)28-12-2-3-25(28)30/h4-11,23H,2-3,12-18H2,1H3,(H,26,29)/t23-/m1/s1. The van der Waals surface area contributed by atoms with E-state index in [-0.39, 0.29) is 17.9 Å². The van der Waals surface area contributed by atoms with Crippen LogP contribution in [0.25, 0.3) is 0 Å². The highest BCUT2D eigenvalue weighted by molar-refractivity contribution is 5.95. The van der Waals surface area contributed by atoms with Crippen molar-refractivity contribution in [1.29, 1.82) is 0 Å². The molecule has 0 bridgehead atoms. The Hall–Kier alpha value is -2.70. The van der Waals surface area contributed by atoms with E-state index in [9.17, 15) is 9.59 Å². The fourth-order valence-corrected chi connectivity index (χ4v) is 4.22. The van der Waals surface area contributed by atoms with E-state index in [1.54, 1.807) is 0 Å². The molecule has 0 saturated carbocycles. The van der Waals surface area contributed by atoms with Crippen molar-refractivity contribution in [2.75, 3.05) is 44.3 Å². The molecule has 1 atom stereocenters. The topological polar surface area (TPSA) is 61.9 Å². The van der Waals surface area contributed by atoms with Gasteiger partial charge in [0.2, 0.25) is 11.8 Å². The molecule has 2 heterocycles. The van der Waals surface area contributed by atoms with Crippen molar-refractivity contribution in [3.8, 4) is 0 Å². The van der Waals surface area contributed by atoms with E-state index in [2.05, 4.69) is 41.4 Å². The number of morpholine rings is 1. The van der Waals surface area contributed by atoms with Gasteiger partial charge in [-0.15, -0.1) is 0 Å². The Labute approximate surface area is 184 Å². The van der Waals surface area contributed by atoms with Crippen LogP contribution in [0.3, 0.4) is 0 Å². The highest BCUT2D eigenvalue weighted by atomic mass is 16.5. The lowest BCUT2D eigenvalue weighted by Crippen LogP contribution is -2.43. The summed E-state index contributed by atoms with van der Waals surface area (Å²) in [6.07, 6.45) is 1.85. The second-order valence-electron chi connectivity index (χ2n) is 8.44. The molecular weight excluding hydrogens is 390 g/mol. The molecule has 0 aliphatic carbocycles. The van der Waals surface area contributed by atoms with Gasteiger partial charge in [-0.1, -0.05) is 42.0 Å². The van der Waals surface area contributed by atoms with Crippen molar-refractivity contribution >= 4 is 17.5 Å². The predicted octanol–water partition coefficient (Wildman–Crippen LogP) is 2.85. The summed E-state index contributed by atoms with van der Waals surface area (Å²) in [6.45, 7) is 6.86. The Bertz CT molecular complexity index is 889. The number of hydrogen-bond donors (Lipinski definition) is 1. The SMILES string of the molecule is Cc1ccc([C@@H](CN2CCOCC2)NC(=O)Cc2ccc(N3CCCC3=O)cc2)cc1. The van der Waals surface area contributed by atoms with Gasteiger partial charge in [0.25, 0.3) is 0 Å². The molecule has 6 heteroatoms. The first-order valence-electron chi connectivity index (χ1n) is 11.1. The van der Waals surface area contributed by atoms with Crippen LogP contribution in [0, 0.1) is 6.92 Å². The van der Waals surface area contributed by atoms with Gasteiger partial charge in [0.05, 0.1) is 25.7 Å². The Kier molecular flexibility index (Phi) is 6.99. The number of rotatable bonds is 7. The molecule has 0 spiro atoms. The lowest BCUT2D eigenvalue weighted by molar-refractivity contribution is -0.121. The second kappa shape index (κ2) is 10.1. The minimum atomic E-state index is -0.0623. The third kappa shape index (κ3) is 5.71. The smallest absolute Gasteiger partial charge is 0.227 e. The third-order valence-corrected chi connectivity index (χ3v) is 6.05. The fraction of sp³-hybridized carbons (Fsp3) is 0.440. The van der Waals surface area contributed by atoms with Gasteiger partial charge in [-0.3, -0.25) is 14.5 Å². The number of anilines is 1. The minimum Gasteiger partial charge on any atom is -0.379 e. The van der Waals surface area contributed by atoms with E-state index in [0.29, 0.717) is 12.8 Å². The average Bonchev–Trinajstić information content (AvgIpc) is 3.21. The van der Waals surface area contributed by atoms with Crippen molar-refractivity contribution < 1.29 is 14.3 Å². The monoisotopic (exact) mass is 421 g/mol. The number of benzene rings is 2. The van der Waals surface area contributed by atoms with Crippen molar-refractivity contribution in [1.82, 2.24) is 10.2 Å². The molecular formula is C25H31N3O3. The average molecular weight is 422 g/mol. The van der Waals surface area contributed by atoms with Crippen LogP contribution in [-0.2, 0) is 20.7 Å². The largest absolute Gasteiger partial charge is 0.379 e. The molecule has 164 valence electrons. The van der Waals surface area contributed by atoms with Gasteiger partial charge < -0.3 is 15.0 Å². The summed E-state index contributed by atoms with van der Waals surface area (Å²) in [6, 6.07) is 16.1. The van der Waals surface area contributed by atoms with E-state index in [1.165, 1.54) is 5.56 Å². The van der Waals surface area contributed by atoms with Crippen LogP contribution in [0.4, 0.5) is 5.69 Å². The summed E-state index contributed by atoms with van der Waals surface area (Å²) >= 11 is 0. The van der Waals surface area contributed by atoms with Gasteiger partial charge in [-0.05, 0) is 36.6 Å². The summed E-state index contributed by atoms with van der Waals surface area (Å²) in [4.78, 5) is 29.0. The Morgan fingerprint density at radius 1 is 1.03 bits per heavy atom. The Balaban J connectivity index is 1.40. The molecule has 2 aromatic carbocycles. The number of carbonyl (C=O) groups is 2. The van der Waals surface area contributed by atoms with Crippen LogP contribution in [-0.4, -0.2) is 56.1 Å². The maximum absolute atomic E-state index is 12.9. The predicted molar refractivity (Wildman–Crippen MR) is 121 cm³/mol. The molecule has 6 nitrogen and oxygen atoms in total. The molecule has 2 saturated heterocycles. The van der Waals surface area contributed by atoms with Gasteiger partial charge in [-0.25, -0.2) is 0 Å². The number of hydrogen-bond acceptors (Lipinski definition) is 4. The number of nitrogens with one attached hydrogen (secondary N) is 1. The first kappa shape index (κ1) is 21.5. The van der Waals surface area contributed by atoms with Crippen molar-refractivity contribution in [3.05, 3.63) is 65.2 Å². The molecule has 1 N–H and O–H groups in total. The van der Waals surface area contributed by atoms with E-state index in [4.69, 9.17) is 4.74 Å². The molecule has 0 radical (unpaired) electrons. The lowest BCUT2D eigenvalue weighted by atomic mass is 10.0. The van der Waals surface area contributed by atoms with Crippen molar-refractivity contribution in [2.24, 2.45) is 0 Å². The number of nitrogens with zero attached hydrogens (tertiary/aromatic N) is 2. The Morgan fingerprint density at radius 3 is 2.39 bits per heavy atom. The summed E-state index contributed by atoms with van der Waals surface area (Å²) in [5.41, 5.74) is 4.18. The molecule has 2 aliphatic rings. The summed E-state index contributed by atoms with van der Waals surface area (Å²) in [5.74, 6) is 0.179. The molecule has 31 heavy (non-hydrogen) atoms. The lowest BCUT2D eigenvalue weighted by Gasteiger charge is -2.31. The third-order valence-electron chi connectivity index (χ3n) is 6.05. The van der Waals surface area contributed by atoms with Gasteiger partial charge in [-0.2, -0.15) is 0 Å². The number of aryl methyl sites for hydroxylation is 1. The maximum atomic E-state index is 12.9. The van der Waals surface area contributed by atoms with Crippen molar-refractivity contribution in [3.63, 3.8) is 0 Å². The summed E-state index contributed by atoms with van der Waals surface area (Å²) in [7, 11) is 0. The molecule has 2 aromatic rings. The number of amides is 2. The number of carbonyl (C=O) groups excluding carboxylic acids is 2. The van der Waals surface area contributed by atoms with E-state index >= 15 is 0 Å². The zero-order chi connectivity index (χ0) is 21.6. The second-order valence-corrected chi connectivity index (χ2v) is 8.44. The summed E-state index contributed by atoms with van der Waals surface area (Å²) < 4.78 is 5.46. The van der Waals surface area contributed by atoms with Gasteiger partial charge in [0.1, 0.15) is 0 Å². The van der Waals surface area contributed by atoms with Crippen LogP contribution in [0.5, 0.6) is 0 Å². The van der Waals surface area contributed by atoms with Crippen LogP contribution < -0.4 is 10.2 Å². The van der Waals surface area contributed by atoms with Crippen LogP contribution in [0.2, 0.25) is 0 Å². The van der Waals surface area contributed by atoms with E-state index in [1.807, 2.05) is 29.2 Å². The minimum absolute atomic E-state index is 0.00355. The van der Waals surface area contributed by atoms with Gasteiger partial charge in [0.15, 0.2) is 0 Å². The number of ether oxygens (including phenoxy) is 1. The molecule has 4 rings (SSSR count).